The van der Waals surface area contributed by atoms with Crippen molar-refractivity contribution in [3.63, 3.8) is 0 Å². The maximum Gasteiger partial charge on any atom is 0.200 e. The van der Waals surface area contributed by atoms with Crippen LogP contribution in [-0.4, -0.2) is 0 Å². The second-order valence-corrected chi connectivity index (χ2v) is 5.11. The molecule has 0 fully saturated rings. The molecular weight excluding hydrogens is 316 g/mol. The molecule has 0 aromatic heterocycles. The van der Waals surface area contributed by atoms with Gasteiger partial charge in [-0.3, -0.25) is 0 Å². The van der Waals surface area contributed by atoms with Crippen LogP contribution < -0.4 is 5.73 Å². The fourth-order valence-corrected chi connectivity index (χ4v) is 2.58. The van der Waals surface area contributed by atoms with Crippen LogP contribution in [0.4, 0.5) is 32.0 Å². The van der Waals surface area contributed by atoms with Gasteiger partial charge in [-0.1, -0.05) is 0 Å². The lowest BCUT2D eigenvalue weighted by Crippen LogP contribution is -2.06. The number of hydrogen-bond acceptors (Lipinski definition) is 2. The first kappa shape index (κ1) is 15.6. The van der Waals surface area contributed by atoms with E-state index in [1.807, 2.05) is 0 Å². The lowest BCUT2D eigenvalue weighted by Gasteiger charge is -2.08. The van der Waals surface area contributed by atoms with E-state index in [0.717, 1.165) is 12.1 Å². The summed E-state index contributed by atoms with van der Waals surface area (Å²) in [4.78, 5) is 0.205. The molecule has 0 amide bonds. The summed E-state index contributed by atoms with van der Waals surface area (Å²) in [5.74, 6) is -11.3. The lowest BCUT2D eigenvalue weighted by molar-refractivity contribution is 0.372. The van der Waals surface area contributed by atoms with Gasteiger partial charge in [-0.05, 0) is 18.2 Å². The Morgan fingerprint density at radius 2 is 1.29 bits per heavy atom. The Kier molecular flexibility index (Phi) is 4.36. The van der Waals surface area contributed by atoms with Crippen molar-refractivity contribution in [1.82, 2.24) is 0 Å². The van der Waals surface area contributed by atoms with Gasteiger partial charge in [0.2, 0.25) is 5.82 Å². The van der Waals surface area contributed by atoms with Crippen LogP contribution in [-0.2, 0) is 5.75 Å². The van der Waals surface area contributed by atoms with Crippen molar-refractivity contribution in [2.75, 3.05) is 5.73 Å². The number of hydrogen-bond donors (Lipinski definition) is 1. The Bertz CT molecular complexity index is 654. The van der Waals surface area contributed by atoms with Crippen molar-refractivity contribution < 1.29 is 26.3 Å². The molecule has 0 unspecified atom stereocenters. The van der Waals surface area contributed by atoms with Crippen LogP contribution in [0.1, 0.15) is 5.56 Å². The minimum absolute atomic E-state index is 0.0786. The minimum Gasteiger partial charge on any atom is -0.399 e. The number of benzene rings is 2. The largest absolute Gasteiger partial charge is 0.399 e. The molecule has 2 N–H and O–H groups in total. The molecule has 0 aliphatic rings. The summed E-state index contributed by atoms with van der Waals surface area (Å²) < 4.78 is 78.8. The summed E-state index contributed by atoms with van der Waals surface area (Å²) in [7, 11) is 0. The van der Waals surface area contributed by atoms with Gasteiger partial charge in [0.25, 0.3) is 0 Å². The van der Waals surface area contributed by atoms with Crippen molar-refractivity contribution in [1.29, 1.82) is 0 Å². The third kappa shape index (κ3) is 3.10. The molecule has 2 aromatic carbocycles. The Hall–Kier alpha value is -1.83. The summed E-state index contributed by atoms with van der Waals surface area (Å²) in [6.07, 6.45) is 0. The fourth-order valence-electron chi connectivity index (χ4n) is 1.60. The molecule has 0 saturated carbocycles. The number of thioether (sulfide) groups is 1. The molecular formula is C13H7F6NS. The topological polar surface area (TPSA) is 26.0 Å². The summed E-state index contributed by atoms with van der Waals surface area (Å²) in [6.45, 7) is 0. The first-order valence-electron chi connectivity index (χ1n) is 5.50. The maximum atomic E-state index is 13.4. The first-order valence-corrected chi connectivity index (χ1v) is 6.49. The number of halogens is 6. The van der Waals surface area contributed by atoms with Crippen molar-refractivity contribution in [3.8, 4) is 0 Å². The zero-order valence-corrected chi connectivity index (χ0v) is 11.0. The average molecular weight is 323 g/mol. The van der Waals surface area contributed by atoms with Crippen molar-refractivity contribution in [3.05, 3.63) is 58.7 Å². The van der Waals surface area contributed by atoms with Crippen LogP contribution in [0, 0.1) is 34.9 Å². The Morgan fingerprint density at radius 1 is 0.762 bits per heavy atom. The van der Waals surface area contributed by atoms with Crippen LogP contribution in [0.25, 0.3) is 0 Å². The molecule has 112 valence electrons. The van der Waals surface area contributed by atoms with E-state index in [1.54, 1.807) is 0 Å². The standard InChI is InChI=1S/C13H7F6NS/c14-5-1-6(20)3-7(2-5)21-4-8-9(15)11(17)13(19)12(18)10(8)16/h1-3H,4,20H2. The van der Waals surface area contributed by atoms with Crippen LogP contribution in [0.3, 0.4) is 0 Å². The molecule has 0 aliphatic carbocycles. The highest BCUT2D eigenvalue weighted by molar-refractivity contribution is 7.98. The number of rotatable bonds is 3. The van der Waals surface area contributed by atoms with Gasteiger partial charge in [0.15, 0.2) is 23.3 Å². The molecule has 0 atom stereocenters. The molecule has 0 aliphatic heterocycles. The fraction of sp³-hybridized carbons (Fsp3) is 0.0769. The van der Waals surface area contributed by atoms with Crippen molar-refractivity contribution in [2.24, 2.45) is 0 Å². The van der Waals surface area contributed by atoms with E-state index < -0.39 is 46.2 Å². The number of anilines is 1. The average Bonchev–Trinajstić information content (AvgIpc) is 2.42. The molecule has 0 radical (unpaired) electrons. The molecule has 2 rings (SSSR count). The molecule has 0 bridgehead atoms. The zero-order chi connectivity index (χ0) is 15.7. The van der Waals surface area contributed by atoms with Crippen molar-refractivity contribution in [2.45, 2.75) is 10.6 Å². The van der Waals surface area contributed by atoms with E-state index in [2.05, 4.69) is 0 Å². The summed E-state index contributed by atoms with van der Waals surface area (Å²) in [6, 6.07) is 3.38. The van der Waals surface area contributed by atoms with E-state index in [1.165, 1.54) is 6.07 Å². The second kappa shape index (κ2) is 5.88. The van der Waals surface area contributed by atoms with Crippen molar-refractivity contribution >= 4 is 17.4 Å². The summed E-state index contributed by atoms with van der Waals surface area (Å²) in [5, 5.41) is 0. The summed E-state index contributed by atoms with van der Waals surface area (Å²) >= 11 is 0.698. The highest BCUT2D eigenvalue weighted by Gasteiger charge is 2.25. The predicted molar refractivity (Wildman–Crippen MR) is 66.6 cm³/mol. The normalized spacial score (nSPS) is 11.0. The van der Waals surface area contributed by atoms with Crippen LogP contribution in [0.15, 0.2) is 23.1 Å². The molecule has 8 heteroatoms. The molecule has 2 aromatic rings. The van der Waals surface area contributed by atoms with E-state index in [0.29, 0.717) is 11.8 Å². The van der Waals surface area contributed by atoms with Crippen LogP contribution in [0.5, 0.6) is 0 Å². The third-order valence-electron chi connectivity index (χ3n) is 2.58. The van der Waals surface area contributed by atoms with Gasteiger partial charge in [0.05, 0.1) is 0 Å². The SMILES string of the molecule is Nc1cc(F)cc(SCc2c(F)c(F)c(F)c(F)c2F)c1. The molecule has 0 saturated heterocycles. The first-order chi connectivity index (χ1) is 9.81. The minimum atomic E-state index is -2.21. The van der Waals surface area contributed by atoms with Crippen LogP contribution >= 0.6 is 11.8 Å². The second-order valence-electron chi connectivity index (χ2n) is 4.06. The van der Waals surface area contributed by atoms with Gasteiger partial charge in [-0.25, -0.2) is 26.3 Å². The van der Waals surface area contributed by atoms with Crippen LogP contribution in [0.2, 0.25) is 0 Å². The number of nitrogen functional groups attached to an aromatic ring is 1. The van der Waals surface area contributed by atoms with Gasteiger partial charge >= 0.3 is 0 Å². The number of nitrogens with two attached hydrogens (primary N) is 1. The Balaban J connectivity index is 2.32. The third-order valence-corrected chi connectivity index (χ3v) is 3.58. The van der Waals surface area contributed by atoms with Gasteiger partial charge in [0, 0.05) is 21.9 Å². The molecule has 21 heavy (non-hydrogen) atoms. The molecule has 1 nitrogen and oxygen atoms in total. The van der Waals surface area contributed by atoms with E-state index in [4.69, 9.17) is 5.73 Å². The monoisotopic (exact) mass is 323 g/mol. The van der Waals surface area contributed by atoms with E-state index in [9.17, 15) is 26.3 Å². The molecule has 0 heterocycles. The highest BCUT2D eigenvalue weighted by atomic mass is 32.2. The lowest BCUT2D eigenvalue weighted by atomic mass is 10.2. The van der Waals surface area contributed by atoms with E-state index >= 15 is 0 Å². The van der Waals surface area contributed by atoms with Gasteiger partial charge in [-0.15, -0.1) is 11.8 Å². The quantitative estimate of drug-likeness (QED) is 0.298. The van der Waals surface area contributed by atoms with E-state index in [-0.39, 0.29) is 10.6 Å². The smallest absolute Gasteiger partial charge is 0.200 e. The van der Waals surface area contributed by atoms with Gasteiger partial charge in [0.1, 0.15) is 5.82 Å². The Labute approximate surface area is 119 Å². The summed E-state index contributed by atoms with van der Waals surface area (Å²) in [5.41, 5.74) is 4.49. The molecule has 0 spiro atoms. The highest BCUT2D eigenvalue weighted by Crippen LogP contribution is 2.30. The van der Waals surface area contributed by atoms with Gasteiger partial charge < -0.3 is 5.73 Å². The maximum absolute atomic E-state index is 13.4. The predicted octanol–water partition coefficient (Wildman–Crippen LogP) is 4.40. The van der Waals surface area contributed by atoms with Gasteiger partial charge in [-0.2, -0.15) is 0 Å². The Morgan fingerprint density at radius 3 is 1.81 bits per heavy atom. The zero-order valence-electron chi connectivity index (χ0n) is 10.2.